The van der Waals surface area contributed by atoms with Crippen LogP contribution in [0.4, 0.5) is 35.9 Å². The van der Waals surface area contributed by atoms with E-state index in [1.807, 2.05) is 150 Å². The lowest BCUT2D eigenvalue weighted by molar-refractivity contribution is -0.0441. The number of fused-ring (bicyclic) bond motifs is 13. The first-order valence-corrected chi connectivity index (χ1v) is 22.3. The minimum absolute atomic E-state index is 0.251. The Hall–Kier alpha value is -6.71. The Kier molecular flexibility index (Phi) is 7.97. The zero-order valence-corrected chi connectivity index (χ0v) is 33.1. The average molecular weight is 830 g/mol. The number of hydrogen-bond donors (Lipinski definition) is 1. The van der Waals surface area contributed by atoms with Gasteiger partial charge in [0.25, 0.3) is 0 Å². The van der Waals surface area contributed by atoms with Crippen molar-refractivity contribution < 1.29 is 26.2 Å². The smallest absolute Gasteiger partial charge is 0.261 e. The van der Waals surface area contributed by atoms with Crippen LogP contribution in [0.1, 0.15) is 0 Å². The highest BCUT2D eigenvalue weighted by Crippen LogP contribution is 2.69. The molecule has 0 radical (unpaired) electrons. The third-order valence-electron chi connectivity index (χ3n) is 11.6. The van der Waals surface area contributed by atoms with Gasteiger partial charge in [0.2, 0.25) is 0 Å². The molecule has 292 valence electrons. The second-order valence-electron chi connectivity index (χ2n) is 14.9. The van der Waals surface area contributed by atoms with E-state index in [-0.39, 0.29) is 22.7 Å². The third kappa shape index (κ3) is 5.31. The fraction of sp³-hybridized carbons (Fsp3) is 0.0204. The Labute approximate surface area is 342 Å². The number of alkyl halides is 3. The van der Waals surface area contributed by atoms with Gasteiger partial charge in [-0.1, -0.05) is 158 Å². The Balaban J connectivity index is 1.42. The van der Waals surface area contributed by atoms with Crippen molar-refractivity contribution in [3.05, 3.63) is 182 Å². The molecule has 0 aliphatic carbocycles. The van der Waals surface area contributed by atoms with Gasteiger partial charge in [0, 0.05) is 21.9 Å². The lowest BCUT2D eigenvalue weighted by atomic mass is 9.90. The largest absolute Gasteiger partial charge is 0.511 e. The van der Waals surface area contributed by atoms with Gasteiger partial charge in [0.15, 0.2) is 0 Å². The van der Waals surface area contributed by atoms with E-state index in [1.165, 1.54) is 9.34 Å². The van der Waals surface area contributed by atoms with Gasteiger partial charge in [0.05, 0.1) is 22.7 Å². The Morgan fingerprint density at radius 1 is 0.400 bits per heavy atom. The summed E-state index contributed by atoms with van der Waals surface area (Å²) < 4.78 is 95.0. The molecule has 0 atom stereocenters. The molecule has 0 fully saturated rings. The predicted molar refractivity (Wildman–Crippen MR) is 240 cm³/mol. The summed E-state index contributed by atoms with van der Waals surface area (Å²) in [6.07, 6.45) is 0. The summed E-state index contributed by atoms with van der Waals surface area (Å²) in [5, 5.41) is 8.88. The highest BCUT2D eigenvalue weighted by atomic mass is 32.2. The quantitative estimate of drug-likeness (QED) is 0.141. The third-order valence-corrected chi connectivity index (χ3v) is 16.0. The van der Waals surface area contributed by atoms with Crippen LogP contribution in [0.15, 0.2) is 182 Å². The first kappa shape index (κ1) is 36.4. The van der Waals surface area contributed by atoms with Gasteiger partial charge < -0.3 is 0 Å². The molecular weight excluding hydrogens is 799 g/mol. The number of nitrogens with one attached hydrogen (secondary N) is 1. The van der Waals surface area contributed by atoms with Gasteiger partial charge in [-0.05, 0) is 78.1 Å². The normalized spacial score (nSPS) is 14.2. The van der Waals surface area contributed by atoms with Gasteiger partial charge in [0.1, 0.15) is 0 Å². The number of rotatable bonds is 4. The molecule has 1 N–H and O–H groups in total. The van der Waals surface area contributed by atoms with Crippen molar-refractivity contribution in [2.75, 3.05) is 9.34 Å². The zero-order valence-electron chi connectivity index (χ0n) is 31.4. The molecule has 0 spiro atoms. The van der Waals surface area contributed by atoms with Gasteiger partial charge >= 0.3 is 23.1 Å². The monoisotopic (exact) mass is 829 g/mol. The van der Waals surface area contributed by atoms with Gasteiger partial charge in [-0.15, -0.1) is 4.49 Å². The number of nitrogens with zero attached hydrogens (tertiary/aromatic N) is 2. The second-order valence-corrected chi connectivity index (χ2v) is 19.0. The second kappa shape index (κ2) is 13.1. The van der Waals surface area contributed by atoms with Gasteiger partial charge in [-0.25, -0.2) is 8.42 Å². The molecule has 6 nitrogen and oxygen atoms in total. The lowest BCUT2D eigenvalue weighted by Crippen LogP contribution is -2.42. The van der Waals surface area contributed by atoms with Crippen molar-refractivity contribution >= 4 is 105 Å². The maximum Gasteiger partial charge on any atom is 0.511 e. The maximum atomic E-state index is 17.4. The standard InChI is InChI=1S/C49H31F3N3O3PS/c50-49(51,52)60(57,58)53-59(56)54(45-29-33-15-3-5-17-35(33)39-21-9-11-23-41(39)45)43-27-25-31-13-1-7-19-37(31)47(43)48-38-20-8-2-14-32(38)26-28-44(48)55(59)46-30-34-16-4-6-18-36(34)40-22-10-12-24-42(40)46/h1-30H,(H,53,56). The number of halogens is 3. The van der Waals surface area contributed by atoms with E-state index in [2.05, 4.69) is 0 Å². The summed E-state index contributed by atoms with van der Waals surface area (Å²) in [6, 6.07) is 56.0. The molecule has 10 aromatic rings. The van der Waals surface area contributed by atoms with Crippen LogP contribution in [0.3, 0.4) is 0 Å². The van der Waals surface area contributed by atoms with Crippen LogP contribution >= 0.6 is 7.59 Å². The van der Waals surface area contributed by atoms with Crippen LogP contribution in [-0.2, 0) is 14.6 Å². The van der Waals surface area contributed by atoms with E-state index in [0.717, 1.165) is 43.1 Å². The predicted octanol–water partition coefficient (Wildman–Crippen LogP) is 14.1. The van der Waals surface area contributed by atoms with Crippen LogP contribution < -0.4 is 13.8 Å². The molecule has 60 heavy (non-hydrogen) atoms. The minimum Gasteiger partial charge on any atom is -0.261 e. The molecule has 0 amide bonds. The van der Waals surface area contributed by atoms with E-state index in [9.17, 15) is 8.42 Å². The van der Waals surface area contributed by atoms with Crippen molar-refractivity contribution in [3.8, 4) is 11.1 Å². The Bertz CT molecular complexity index is 3400. The van der Waals surface area contributed by atoms with Crippen molar-refractivity contribution in [2.24, 2.45) is 0 Å². The van der Waals surface area contributed by atoms with Gasteiger partial charge in [-0.2, -0.15) is 13.2 Å². The summed E-state index contributed by atoms with van der Waals surface area (Å²) in [5.41, 5.74) is -3.65. The number of anilines is 4. The van der Waals surface area contributed by atoms with Crippen LogP contribution in [0.25, 0.3) is 75.8 Å². The maximum absolute atomic E-state index is 17.4. The number of hydrogen-bond acceptors (Lipinski definition) is 3. The average Bonchev–Trinajstić information content (AvgIpc) is 3.35. The zero-order chi connectivity index (χ0) is 41.0. The summed E-state index contributed by atoms with van der Waals surface area (Å²) in [7, 11) is -11.7. The first-order chi connectivity index (χ1) is 29.0. The van der Waals surface area contributed by atoms with E-state index in [0.29, 0.717) is 32.7 Å². The van der Waals surface area contributed by atoms with Crippen LogP contribution in [0.2, 0.25) is 0 Å². The van der Waals surface area contributed by atoms with Crippen molar-refractivity contribution in [3.63, 3.8) is 0 Å². The fourth-order valence-corrected chi connectivity index (χ4v) is 13.4. The molecule has 1 heterocycles. The molecule has 11 rings (SSSR count). The molecule has 11 heteroatoms. The Morgan fingerprint density at radius 3 is 1.13 bits per heavy atom. The van der Waals surface area contributed by atoms with Crippen molar-refractivity contribution in [2.45, 2.75) is 5.51 Å². The topological polar surface area (TPSA) is 69.7 Å². The molecule has 0 saturated carbocycles. The Morgan fingerprint density at radius 2 is 0.733 bits per heavy atom. The highest BCUT2D eigenvalue weighted by molar-refractivity contribution is 7.97. The van der Waals surface area contributed by atoms with Crippen molar-refractivity contribution in [1.82, 2.24) is 4.49 Å². The summed E-state index contributed by atoms with van der Waals surface area (Å²) in [5.74, 6) is 0. The molecule has 0 aromatic heterocycles. The first-order valence-electron chi connectivity index (χ1n) is 19.2. The highest BCUT2D eigenvalue weighted by Gasteiger charge is 2.55. The molecule has 1 aliphatic rings. The van der Waals surface area contributed by atoms with E-state index >= 15 is 17.7 Å². The summed E-state index contributed by atoms with van der Waals surface area (Å²) in [6.45, 7) is 0. The van der Waals surface area contributed by atoms with Crippen LogP contribution in [0.5, 0.6) is 0 Å². The number of sulfonamides is 1. The number of benzene rings is 10. The molecule has 0 bridgehead atoms. The SMILES string of the molecule is O=P1(NS(=O)(=O)C(F)(F)F)N(c2cc3ccccc3c3ccccc23)c2ccc3ccccc3c2-c2c(ccc3ccccc23)N1c1cc2ccccc2c2ccccc12. The summed E-state index contributed by atoms with van der Waals surface area (Å²) in [4.78, 5) is 0. The lowest BCUT2D eigenvalue weighted by Gasteiger charge is -2.41. The molecule has 0 unspecified atom stereocenters. The van der Waals surface area contributed by atoms with Crippen LogP contribution in [0, 0.1) is 0 Å². The van der Waals surface area contributed by atoms with Crippen molar-refractivity contribution in [1.29, 1.82) is 0 Å². The molecular formula is C49H31F3N3O3PS. The molecule has 1 aliphatic heterocycles. The van der Waals surface area contributed by atoms with Crippen LogP contribution in [-0.4, -0.2) is 13.9 Å². The molecule has 10 aromatic carbocycles. The molecule has 0 saturated heterocycles. The van der Waals surface area contributed by atoms with E-state index < -0.39 is 23.1 Å². The van der Waals surface area contributed by atoms with Gasteiger partial charge in [-0.3, -0.25) is 13.9 Å². The fourth-order valence-electron chi connectivity index (χ4n) is 9.04. The van der Waals surface area contributed by atoms with E-state index in [1.54, 1.807) is 36.4 Å². The summed E-state index contributed by atoms with van der Waals surface area (Å²) >= 11 is 0. The van der Waals surface area contributed by atoms with E-state index in [4.69, 9.17) is 0 Å². The minimum atomic E-state index is -6.33.